The van der Waals surface area contributed by atoms with Gasteiger partial charge in [-0.05, 0) is 23.1 Å². The quantitative estimate of drug-likeness (QED) is 0.545. The zero-order chi connectivity index (χ0) is 15.4. The molecule has 2 N–H and O–H groups in total. The fraction of sp³-hybridized carbons (Fsp3) is 0.154. The highest BCUT2D eigenvalue weighted by Gasteiger charge is 2.08. The number of hydrogen-bond donors (Lipinski definition) is 2. The van der Waals surface area contributed by atoms with E-state index in [0.717, 1.165) is 17.0 Å². The van der Waals surface area contributed by atoms with Crippen LogP contribution >= 0.6 is 11.8 Å². The number of thioether (sulfide) groups is 1. The number of rotatable bonds is 5. The van der Waals surface area contributed by atoms with Crippen molar-refractivity contribution in [3.8, 4) is 6.07 Å². The molecule has 0 atom stereocenters. The topological polar surface area (TPSA) is 116 Å². The number of nitrogens with one attached hydrogen (secondary N) is 2. The molecule has 0 fully saturated rings. The summed E-state index contributed by atoms with van der Waals surface area (Å²) in [6.07, 6.45) is 1.52. The third-order valence-electron chi connectivity index (χ3n) is 2.73. The highest BCUT2D eigenvalue weighted by atomic mass is 32.2. The van der Waals surface area contributed by atoms with Crippen LogP contribution in [-0.4, -0.2) is 31.4 Å². The first-order valence-corrected chi connectivity index (χ1v) is 7.42. The van der Waals surface area contributed by atoms with E-state index >= 15 is 0 Å². The van der Waals surface area contributed by atoms with Crippen molar-refractivity contribution in [3.05, 3.63) is 30.2 Å². The molecule has 0 spiro atoms. The molecule has 3 rings (SSSR count). The minimum atomic E-state index is 0.234. The molecule has 2 heterocycles. The number of fused-ring (bicyclic) bond motifs is 1. The number of anilines is 1. The predicted molar refractivity (Wildman–Crippen MR) is 81.8 cm³/mol. The van der Waals surface area contributed by atoms with E-state index in [1.54, 1.807) is 11.8 Å². The first-order valence-electron chi connectivity index (χ1n) is 6.44. The number of aromatic nitrogens is 5. The van der Waals surface area contributed by atoms with Crippen molar-refractivity contribution in [1.82, 2.24) is 25.6 Å². The van der Waals surface area contributed by atoms with Gasteiger partial charge >= 0.3 is 0 Å². The summed E-state index contributed by atoms with van der Waals surface area (Å²) >= 11 is 1.55. The molecule has 0 aliphatic heterocycles. The molecule has 0 aliphatic rings. The Kier molecular flexibility index (Phi) is 4.02. The number of allylic oxidation sites excluding steroid dienone is 1. The number of nitriles is 1. The molecule has 110 valence electrons. The lowest BCUT2D eigenvalue weighted by molar-refractivity contribution is 0.490. The van der Waals surface area contributed by atoms with Gasteiger partial charge in [-0.1, -0.05) is 18.7 Å². The summed E-state index contributed by atoms with van der Waals surface area (Å²) in [4.78, 5) is 4.36. The normalized spacial score (nSPS) is 11.5. The van der Waals surface area contributed by atoms with Crippen molar-refractivity contribution in [2.24, 2.45) is 0 Å². The van der Waals surface area contributed by atoms with Crippen molar-refractivity contribution in [1.29, 1.82) is 5.26 Å². The Morgan fingerprint density at radius 1 is 1.55 bits per heavy atom. The van der Waals surface area contributed by atoms with Crippen molar-refractivity contribution in [2.45, 2.75) is 12.1 Å². The SMILES string of the molecule is CCSc1nc2ccc(NC=C(C#N)c3nn[nH]n3)cc2o1. The summed E-state index contributed by atoms with van der Waals surface area (Å²) in [5.41, 5.74) is 2.53. The van der Waals surface area contributed by atoms with Gasteiger partial charge in [0.15, 0.2) is 5.58 Å². The molecule has 0 bridgehead atoms. The van der Waals surface area contributed by atoms with Crippen LogP contribution < -0.4 is 5.32 Å². The first kappa shape index (κ1) is 14.1. The summed E-state index contributed by atoms with van der Waals surface area (Å²) in [6.45, 7) is 2.04. The molecule has 22 heavy (non-hydrogen) atoms. The monoisotopic (exact) mass is 313 g/mol. The van der Waals surface area contributed by atoms with Crippen molar-refractivity contribution < 1.29 is 4.42 Å². The highest BCUT2D eigenvalue weighted by molar-refractivity contribution is 7.99. The number of tetrazole rings is 1. The largest absolute Gasteiger partial charge is 0.431 e. The van der Waals surface area contributed by atoms with Crippen LogP contribution in [0.15, 0.2) is 34.0 Å². The second-order valence-electron chi connectivity index (χ2n) is 4.14. The molecule has 0 radical (unpaired) electrons. The van der Waals surface area contributed by atoms with E-state index in [1.165, 1.54) is 6.20 Å². The van der Waals surface area contributed by atoms with Gasteiger partial charge < -0.3 is 9.73 Å². The van der Waals surface area contributed by atoms with Crippen molar-refractivity contribution in [2.75, 3.05) is 11.1 Å². The first-order chi connectivity index (χ1) is 10.8. The molecule has 2 aromatic heterocycles. The molecule has 3 aromatic rings. The number of benzene rings is 1. The van der Waals surface area contributed by atoms with Crippen LogP contribution in [0.2, 0.25) is 0 Å². The van der Waals surface area contributed by atoms with E-state index in [0.29, 0.717) is 10.8 Å². The van der Waals surface area contributed by atoms with E-state index in [2.05, 4.69) is 30.9 Å². The minimum Gasteiger partial charge on any atom is -0.431 e. The van der Waals surface area contributed by atoms with Crippen LogP contribution in [-0.2, 0) is 0 Å². The van der Waals surface area contributed by atoms with Crippen LogP contribution in [0.25, 0.3) is 16.7 Å². The number of hydrogen-bond acceptors (Lipinski definition) is 8. The second-order valence-corrected chi connectivity index (χ2v) is 5.36. The van der Waals surface area contributed by atoms with E-state index < -0.39 is 0 Å². The van der Waals surface area contributed by atoms with Gasteiger partial charge in [-0.15, -0.1) is 10.2 Å². The lowest BCUT2D eigenvalue weighted by Gasteiger charge is -2.00. The van der Waals surface area contributed by atoms with Gasteiger partial charge in [-0.2, -0.15) is 10.5 Å². The Morgan fingerprint density at radius 2 is 2.45 bits per heavy atom. The van der Waals surface area contributed by atoms with Crippen LogP contribution in [0.4, 0.5) is 5.69 Å². The zero-order valence-electron chi connectivity index (χ0n) is 11.6. The summed E-state index contributed by atoms with van der Waals surface area (Å²) in [5, 5.41) is 26.0. The molecule has 0 aliphatic carbocycles. The van der Waals surface area contributed by atoms with E-state index in [-0.39, 0.29) is 11.4 Å². The van der Waals surface area contributed by atoms with Crippen LogP contribution in [0.5, 0.6) is 0 Å². The maximum Gasteiger partial charge on any atom is 0.256 e. The van der Waals surface area contributed by atoms with Crippen LogP contribution in [0.3, 0.4) is 0 Å². The fourth-order valence-corrected chi connectivity index (χ4v) is 2.32. The maximum absolute atomic E-state index is 9.10. The third kappa shape index (κ3) is 2.91. The van der Waals surface area contributed by atoms with E-state index in [1.807, 2.05) is 31.2 Å². The van der Waals surface area contributed by atoms with Gasteiger partial charge in [-0.25, -0.2) is 4.98 Å². The number of H-pyrrole nitrogens is 1. The maximum atomic E-state index is 9.10. The number of aromatic amines is 1. The minimum absolute atomic E-state index is 0.234. The van der Waals surface area contributed by atoms with Gasteiger partial charge in [0.1, 0.15) is 17.2 Å². The highest BCUT2D eigenvalue weighted by Crippen LogP contribution is 2.25. The summed E-state index contributed by atoms with van der Waals surface area (Å²) in [5.74, 6) is 1.13. The zero-order valence-corrected chi connectivity index (χ0v) is 12.4. The van der Waals surface area contributed by atoms with Gasteiger partial charge in [0, 0.05) is 18.0 Å². The lowest BCUT2D eigenvalue weighted by Crippen LogP contribution is -1.92. The van der Waals surface area contributed by atoms with Gasteiger partial charge in [0.2, 0.25) is 5.82 Å². The lowest BCUT2D eigenvalue weighted by atomic mass is 10.2. The average Bonchev–Trinajstić information content (AvgIpc) is 3.17. The predicted octanol–water partition coefficient (Wildman–Crippen LogP) is 2.43. The molecule has 9 heteroatoms. The van der Waals surface area contributed by atoms with E-state index in [9.17, 15) is 0 Å². The average molecular weight is 313 g/mol. The summed E-state index contributed by atoms with van der Waals surface area (Å²) in [6, 6.07) is 7.54. The standard InChI is InChI=1S/C13H11N7OS/c1-2-22-13-16-10-4-3-9(5-11(10)21-13)15-7-8(6-14)12-17-19-20-18-12/h3-5,7,15H,2H2,1H3,(H,17,18,19,20). The Bertz CT molecular complexity index is 847. The van der Waals surface area contributed by atoms with Crippen molar-refractivity contribution in [3.63, 3.8) is 0 Å². The van der Waals surface area contributed by atoms with Gasteiger partial charge in [0.25, 0.3) is 5.22 Å². The second kappa shape index (κ2) is 6.28. The molecule has 0 amide bonds. The molecular weight excluding hydrogens is 302 g/mol. The molecule has 0 unspecified atom stereocenters. The smallest absolute Gasteiger partial charge is 0.256 e. The Hall–Kier alpha value is -2.86. The van der Waals surface area contributed by atoms with Gasteiger partial charge in [0.05, 0.1) is 0 Å². The molecule has 0 saturated heterocycles. The third-order valence-corrected chi connectivity index (χ3v) is 3.44. The molecular formula is C13H11N7OS. The Morgan fingerprint density at radius 3 is 3.18 bits per heavy atom. The van der Waals surface area contributed by atoms with Gasteiger partial charge in [-0.3, -0.25) is 0 Å². The molecule has 0 saturated carbocycles. The van der Waals surface area contributed by atoms with E-state index in [4.69, 9.17) is 9.68 Å². The molecule has 1 aromatic carbocycles. The number of nitrogens with zero attached hydrogens (tertiary/aromatic N) is 5. The number of oxazole rings is 1. The van der Waals surface area contributed by atoms with Crippen molar-refractivity contribution >= 4 is 34.1 Å². The summed E-state index contributed by atoms with van der Waals surface area (Å²) in [7, 11) is 0. The Labute approximate surface area is 129 Å². The fourth-order valence-electron chi connectivity index (χ4n) is 1.76. The Balaban J connectivity index is 1.83. The summed E-state index contributed by atoms with van der Waals surface area (Å²) < 4.78 is 5.64. The van der Waals surface area contributed by atoms with Crippen LogP contribution in [0.1, 0.15) is 12.7 Å². The molecule has 8 nitrogen and oxygen atoms in total. The van der Waals surface area contributed by atoms with Crippen LogP contribution in [0, 0.1) is 11.3 Å².